The summed E-state index contributed by atoms with van der Waals surface area (Å²) in [5.74, 6) is 0. The molecule has 0 radical (unpaired) electrons. The molecule has 4 nitrogen and oxygen atoms in total. The van der Waals surface area contributed by atoms with Gasteiger partial charge in [-0.25, -0.2) is 4.79 Å². The maximum absolute atomic E-state index is 11.4. The number of hydrogen-bond donors (Lipinski definition) is 1. The summed E-state index contributed by atoms with van der Waals surface area (Å²) in [7, 11) is 0. The lowest BCUT2D eigenvalue weighted by atomic mass is 10.0. The van der Waals surface area contributed by atoms with Crippen LogP contribution in [0.1, 0.15) is 24.4 Å². The number of halogens is 2. The highest BCUT2D eigenvalue weighted by atomic mass is 79.9. The topological polar surface area (TPSA) is 43.8 Å². The number of hydrogen-bond acceptors (Lipinski definition) is 2. The van der Waals surface area contributed by atoms with Crippen molar-refractivity contribution in [3.05, 3.63) is 34.3 Å². The Hall–Kier alpha value is -0.780. The van der Waals surface area contributed by atoms with Gasteiger partial charge in [0.25, 0.3) is 0 Å². The molecule has 1 aromatic carbocycles. The molecule has 2 bridgehead atoms. The maximum atomic E-state index is 11.4. The molecule has 1 unspecified atom stereocenters. The van der Waals surface area contributed by atoms with Gasteiger partial charge >= 0.3 is 6.09 Å². The van der Waals surface area contributed by atoms with Crippen LogP contribution in [0, 0.1) is 0 Å². The third-order valence-electron chi connectivity index (χ3n) is 4.25. The molecule has 3 fully saturated rings. The molecule has 3 aliphatic heterocycles. The summed E-state index contributed by atoms with van der Waals surface area (Å²) in [6, 6.07) is 8.63. The van der Waals surface area contributed by atoms with Crippen molar-refractivity contribution in [2.75, 3.05) is 19.6 Å². The first-order valence-electron chi connectivity index (χ1n) is 6.64. The van der Waals surface area contributed by atoms with Gasteiger partial charge in [-0.15, -0.1) is 12.4 Å². The Morgan fingerprint density at radius 2 is 1.80 bits per heavy atom. The second kappa shape index (κ2) is 6.33. The minimum Gasteiger partial charge on any atom is -0.465 e. The van der Waals surface area contributed by atoms with Crippen LogP contribution in [0.5, 0.6) is 0 Å². The predicted octanol–water partition coefficient (Wildman–Crippen LogP) is 3.37. The third kappa shape index (κ3) is 2.95. The fourth-order valence-electron chi connectivity index (χ4n) is 3.20. The molecule has 6 heteroatoms. The van der Waals surface area contributed by atoms with Gasteiger partial charge in [-0.1, -0.05) is 28.1 Å². The molecule has 110 valence electrons. The lowest BCUT2D eigenvalue weighted by Crippen LogP contribution is -2.40. The van der Waals surface area contributed by atoms with Crippen LogP contribution in [0.3, 0.4) is 0 Å². The summed E-state index contributed by atoms with van der Waals surface area (Å²) < 4.78 is 1.05. The summed E-state index contributed by atoms with van der Waals surface area (Å²) in [6.45, 7) is 2.58. The zero-order chi connectivity index (χ0) is 13.4. The lowest BCUT2D eigenvalue weighted by Gasteiger charge is -2.31. The predicted molar refractivity (Wildman–Crippen MR) is 83.5 cm³/mol. The molecular weight excluding hydrogens is 344 g/mol. The van der Waals surface area contributed by atoms with Crippen LogP contribution in [0.15, 0.2) is 28.7 Å². The van der Waals surface area contributed by atoms with Crippen LogP contribution in [-0.2, 0) is 0 Å². The van der Waals surface area contributed by atoms with E-state index in [1.807, 2.05) is 12.1 Å². The maximum Gasteiger partial charge on any atom is 0.407 e. The molecule has 0 aliphatic carbocycles. The summed E-state index contributed by atoms with van der Waals surface area (Å²) in [5, 5.41) is 9.39. The summed E-state index contributed by atoms with van der Waals surface area (Å²) in [6.07, 6.45) is 1.13. The van der Waals surface area contributed by atoms with Crippen LogP contribution in [0.2, 0.25) is 0 Å². The molecule has 0 aromatic heterocycles. The van der Waals surface area contributed by atoms with E-state index in [0.29, 0.717) is 6.54 Å². The quantitative estimate of drug-likeness (QED) is 0.834. The Balaban J connectivity index is 0.00000147. The highest BCUT2D eigenvalue weighted by Crippen LogP contribution is 2.33. The fourth-order valence-corrected chi connectivity index (χ4v) is 3.46. The lowest BCUT2D eigenvalue weighted by molar-refractivity contribution is 0.123. The van der Waals surface area contributed by atoms with E-state index in [2.05, 4.69) is 33.0 Å². The Labute approximate surface area is 133 Å². The summed E-state index contributed by atoms with van der Waals surface area (Å²) in [4.78, 5) is 15.5. The molecule has 3 saturated heterocycles. The second-order valence-electron chi connectivity index (χ2n) is 5.27. The van der Waals surface area contributed by atoms with Gasteiger partial charge < -0.3 is 10.0 Å². The fraction of sp³-hybridized carbons (Fsp3) is 0.500. The number of piperidine rings is 1. The SMILES string of the molecule is Cl.O=C(O)N1CC(c2ccc(Br)cc2)N2CCC1CC2. The number of carbonyl (C=O) groups is 1. The number of carboxylic acid groups (broad SMARTS) is 1. The van der Waals surface area contributed by atoms with Crippen molar-refractivity contribution in [3.8, 4) is 0 Å². The summed E-state index contributed by atoms with van der Waals surface area (Å²) in [5.41, 5.74) is 1.21. The minimum atomic E-state index is -0.782. The van der Waals surface area contributed by atoms with Crippen molar-refractivity contribution in [1.82, 2.24) is 9.80 Å². The van der Waals surface area contributed by atoms with Gasteiger partial charge in [-0.3, -0.25) is 4.90 Å². The van der Waals surface area contributed by atoms with E-state index >= 15 is 0 Å². The average molecular weight is 362 g/mol. The zero-order valence-corrected chi connectivity index (χ0v) is 13.4. The van der Waals surface area contributed by atoms with E-state index < -0.39 is 6.09 Å². The average Bonchev–Trinajstić information content (AvgIpc) is 2.70. The van der Waals surface area contributed by atoms with E-state index in [1.165, 1.54) is 5.56 Å². The van der Waals surface area contributed by atoms with Gasteiger partial charge in [0.15, 0.2) is 0 Å². The standard InChI is InChI=1S/C14H17BrN2O2.ClH/c15-11-3-1-10(2-4-11)13-9-17(14(18)19)12-5-7-16(13)8-6-12;/h1-4,12-13H,5-9H2,(H,18,19);1H. The summed E-state index contributed by atoms with van der Waals surface area (Å²) >= 11 is 3.44. The van der Waals surface area contributed by atoms with Crippen molar-refractivity contribution >= 4 is 34.4 Å². The first kappa shape index (κ1) is 15.6. The smallest absolute Gasteiger partial charge is 0.407 e. The van der Waals surface area contributed by atoms with Gasteiger partial charge in [0.05, 0.1) is 6.04 Å². The Morgan fingerprint density at radius 1 is 1.20 bits per heavy atom. The Kier molecular flexibility index (Phi) is 4.94. The van der Waals surface area contributed by atoms with E-state index in [1.54, 1.807) is 4.90 Å². The molecule has 0 spiro atoms. The van der Waals surface area contributed by atoms with Crippen LogP contribution < -0.4 is 0 Å². The number of amides is 1. The van der Waals surface area contributed by atoms with Crippen LogP contribution in [-0.4, -0.2) is 46.7 Å². The molecule has 4 rings (SSSR count). The Morgan fingerprint density at radius 3 is 2.35 bits per heavy atom. The molecule has 1 N–H and O–H groups in total. The van der Waals surface area contributed by atoms with Crippen molar-refractivity contribution in [1.29, 1.82) is 0 Å². The number of benzene rings is 1. The highest BCUT2D eigenvalue weighted by Gasteiger charge is 2.37. The third-order valence-corrected chi connectivity index (χ3v) is 4.78. The Bertz CT molecular complexity index is 475. The van der Waals surface area contributed by atoms with Gasteiger partial charge in [-0.2, -0.15) is 0 Å². The molecule has 0 saturated carbocycles. The van der Waals surface area contributed by atoms with Gasteiger partial charge in [0.2, 0.25) is 0 Å². The molecule has 1 aromatic rings. The zero-order valence-electron chi connectivity index (χ0n) is 11.0. The van der Waals surface area contributed by atoms with Crippen molar-refractivity contribution < 1.29 is 9.90 Å². The monoisotopic (exact) mass is 360 g/mol. The second-order valence-corrected chi connectivity index (χ2v) is 6.19. The van der Waals surface area contributed by atoms with E-state index in [9.17, 15) is 9.90 Å². The first-order chi connectivity index (χ1) is 9.15. The number of rotatable bonds is 1. The number of nitrogens with zero attached hydrogens (tertiary/aromatic N) is 2. The van der Waals surface area contributed by atoms with Crippen LogP contribution in [0.25, 0.3) is 0 Å². The molecule has 20 heavy (non-hydrogen) atoms. The molecule has 1 amide bonds. The highest BCUT2D eigenvalue weighted by molar-refractivity contribution is 9.10. The van der Waals surface area contributed by atoms with E-state index in [4.69, 9.17) is 0 Å². The van der Waals surface area contributed by atoms with Crippen LogP contribution >= 0.6 is 28.3 Å². The molecule has 1 atom stereocenters. The molecular formula is C14H18BrClN2O2. The molecule has 3 heterocycles. The normalized spacial score (nSPS) is 28.6. The van der Waals surface area contributed by atoms with Gasteiger partial charge in [0.1, 0.15) is 0 Å². The van der Waals surface area contributed by atoms with E-state index in [-0.39, 0.29) is 24.5 Å². The van der Waals surface area contributed by atoms with Gasteiger partial charge in [-0.05, 0) is 30.5 Å². The number of fused-ring (bicyclic) bond motifs is 4. The van der Waals surface area contributed by atoms with Gasteiger partial charge in [0, 0.05) is 30.1 Å². The van der Waals surface area contributed by atoms with Crippen LogP contribution in [0.4, 0.5) is 4.79 Å². The van der Waals surface area contributed by atoms with Crippen molar-refractivity contribution in [2.45, 2.75) is 24.9 Å². The van der Waals surface area contributed by atoms with Crippen molar-refractivity contribution in [3.63, 3.8) is 0 Å². The largest absolute Gasteiger partial charge is 0.465 e. The first-order valence-corrected chi connectivity index (χ1v) is 7.43. The van der Waals surface area contributed by atoms with Crippen molar-refractivity contribution in [2.24, 2.45) is 0 Å². The minimum absolute atomic E-state index is 0. The van der Waals surface area contributed by atoms with E-state index in [0.717, 1.165) is 30.4 Å². The molecule has 3 aliphatic rings.